The number of carbonyl (C=O) groups is 2. The molecule has 1 aliphatic heterocycles. The van der Waals surface area contributed by atoms with Crippen LogP contribution in [0.5, 0.6) is 0 Å². The maximum Gasteiger partial charge on any atom is 0.306 e. The van der Waals surface area contributed by atoms with Gasteiger partial charge in [-0.05, 0) is 18.4 Å². The second-order valence-electron chi connectivity index (χ2n) is 7.22. The molecule has 1 aromatic rings. The Morgan fingerprint density at radius 3 is 1.89 bits per heavy atom. The average Bonchev–Trinajstić information content (AvgIpc) is 3.09. The number of benzene rings is 1. The van der Waals surface area contributed by atoms with Crippen LogP contribution in [0.25, 0.3) is 0 Å². The van der Waals surface area contributed by atoms with Crippen molar-refractivity contribution in [2.24, 2.45) is 11.8 Å². The van der Waals surface area contributed by atoms with E-state index in [2.05, 4.69) is 30.2 Å². The summed E-state index contributed by atoms with van der Waals surface area (Å²) in [6, 6.07) is 10.3. The second kappa shape index (κ2) is 12.1. The molecule has 2 atom stereocenters. The number of nitrogens with zero attached hydrogens (tertiary/aromatic N) is 1. The summed E-state index contributed by atoms with van der Waals surface area (Å²) in [6.07, 6.45) is 5.37. The molecule has 0 saturated carbocycles. The molecule has 5 heteroatoms. The van der Waals surface area contributed by atoms with Crippen molar-refractivity contribution in [2.45, 2.75) is 32.2 Å². The topological polar surface area (TPSA) is 55.8 Å². The van der Waals surface area contributed by atoms with Crippen LogP contribution in [-0.2, 0) is 25.6 Å². The quantitative estimate of drug-likeness (QED) is 0.405. The minimum absolute atomic E-state index is 0.156. The lowest BCUT2D eigenvalue weighted by Crippen LogP contribution is -2.25. The van der Waals surface area contributed by atoms with E-state index in [0.29, 0.717) is 38.9 Å². The number of carbonyl (C=O) groups excluding carboxylic acids is 2. The highest BCUT2D eigenvalue weighted by atomic mass is 16.5. The fraction of sp³-hybridized carbons (Fsp3) is 0.478. The van der Waals surface area contributed by atoms with Crippen molar-refractivity contribution in [3.63, 3.8) is 0 Å². The third-order valence-corrected chi connectivity index (χ3v) is 4.92. The highest BCUT2D eigenvalue weighted by Crippen LogP contribution is 2.26. The molecule has 0 radical (unpaired) electrons. The zero-order valence-corrected chi connectivity index (χ0v) is 16.6. The Morgan fingerprint density at radius 1 is 0.929 bits per heavy atom. The van der Waals surface area contributed by atoms with Gasteiger partial charge in [0.2, 0.25) is 0 Å². The van der Waals surface area contributed by atoms with Gasteiger partial charge in [0.05, 0.1) is 13.2 Å². The van der Waals surface area contributed by atoms with Crippen LogP contribution in [0.1, 0.15) is 31.2 Å². The Hall–Kier alpha value is -2.40. The monoisotopic (exact) mass is 385 g/mol. The number of hydrogen-bond donors (Lipinski definition) is 0. The number of rotatable bonds is 12. The van der Waals surface area contributed by atoms with Crippen LogP contribution >= 0.6 is 0 Å². The molecule has 0 amide bonds. The predicted octanol–water partition coefficient (Wildman–Crippen LogP) is 3.75. The summed E-state index contributed by atoms with van der Waals surface area (Å²) in [5, 5.41) is 0. The fourth-order valence-corrected chi connectivity index (χ4v) is 3.37. The molecule has 152 valence electrons. The standard InChI is InChI=1S/C23H31NO4/c1-3-5-12-22(25)27-17-20-15-24(14-19-10-8-7-9-11-19)16-21(20)18-28-23(26)13-6-4-2/h3-4,7-11,20-21H,1-2,5-6,12-18H2. The first kappa shape index (κ1) is 21.9. The molecule has 0 aliphatic carbocycles. The molecule has 28 heavy (non-hydrogen) atoms. The zero-order valence-electron chi connectivity index (χ0n) is 16.6. The molecular formula is C23H31NO4. The van der Waals surface area contributed by atoms with Gasteiger partial charge in [-0.1, -0.05) is 42.5 Å². The van der Waals surface area contributed by atoms with E-state index >= 15 is 0 Å². The van der Waals surface area contributed by atoms with Gasteiger partial charge >= 0.3 is 11.9 Å². The van der Waals surface area contributed by atoms with Gasteiger partial charge in [-0.2, -0.15) is 0 Å². The third-order valence-electron chi connectivity index (χ3n) is 4.92. The van der Waals surface area contributed by atoms with Gasteiger partial charge in [0.1, 0.15) is 0 Å². The third kappa shape index (κ3) is 7.69. The smallest absolute Gasteiger partial charge is 0.306 e. The lowest BCUT2D eigenvalue weighted by atomic mass is 9.98. The van der Waals surface area contributed by atoms with Crippen molar-refractivity contribution in [3.8, 4) is 0 Å². The molecule has 0 N–H and O–H groups in total. The second-order valence-corrected chi connectivity index (χ2v) is 7.22. The molecule has 1 fully saturated rings. The molecule has 1 aliphatic rings. The van der Waals surface area contributed by atoms with E-state index in [4.69, 9.17) is 9.47 Å². The summed E-state index contributed by atoms with van der Waals surface area (Å²) in [4.78, 5) is 26.0. The molecule has 1 saturated heterocycles. The minimum atomic E-state index is -0.205. The molecular weight excluding hydrogens is 354 g/mol. The van der Waals surface area contributed by atoms with E-state index < -0.39 is 0 Å². The van der Waals surface area contributed by atoms with Crippen LogP contribution < -0.4 is 0 Å². The van der Waals surface area contributed by atoms with Crippen LogP contribution in [0.3, 0.4) is 0 Å². The molecule has 0 spiro atoms. The number of hydrogen-bond acceptors (Lipinski definition) is 5. The summed E-state index contributed by atoms with van der Waals surface area (Å²) >= 11 is 0. The maximum atomic E-state index is 11.8. The lowest BCUT2D eigenvalue weighted by Gasteiger charge is -2.18. The normalized spacial score (nSPS) is 19.1. The Bertz CT molecular complexity index is 607. The van der Waals surface area contributed by atoms with Gasteiger partial charge in [-0.15, -0.1) is 13.2 Å². The Labute approximate surface area is 168 Å². The Balaban J connectivity index is 1.89. The SMILES string of the molecule is C=CCCC(=O)OCC1CN(Cc2ccccc2)CC1COC(=O)CCC=C. The van der Waals surface area contributed by atoms with Crippen LogP contribution in [0.4, 0.5) is 0 Å². The van der Waals surface area contributed by atoms with Crippen molar-refractivity contribution < 1.29 is 19.1 Å². The highest BCUT2D eigenvalue weighted by Gasteiger charge is 2.34. The molecule has 2 unspecified atom stereocenters. The summed E-state index contributed by atoms with van der Waals surface area (Å²) in [5.74, 6) is -0.0986. The summed E-state index contributed by atoms with van der Waals surface area (Å²) < 4.78 is 10.9. The number of esters is 2. The fourth-order valence-electron chi connectivity index (χ4n) is 3.37. The van der Waals surface area contributed by atoms with Gasteiger partial charge in [0.25, 0.3) is 0 Å². The van der Waals surface area contributed by atoms with Gasteiger partial charge in [0.15, 0.2) is 0 Å². The number of allylic oxidation sites excluding steroid dienone is 2. The minimum Gasteiger partial charge on any atom is -0.465 e. The molecule has 5 nitrogen and oxygen atoms in total. The average molecular weight is 386 g/mol. The summed E-state index contributed by atoms with van der Waals surface area (Å²) in [5.41, 5.74) is 1.24. The van der Waals surface area contributed by atoms with Crippen LogP contribution in [-0.4, -0.2) is 43.1 Å². The van der Waals surface area contributed by atoms with Crippen molar-refractivity contribution in [3.05, 3.63) is 61.2 Å². The predicted molar refractivity (Wildman–Crippen MR) is 109 cm³/mol. The number of ether oxygens (including phenoxy) is 2. The first-order valence-electron chi connectivity index (χ1n) is 9.91. The van der Waals surface area contributed by atoms with Crippen molar-refractivity contribution in [1.82, 2.24) is 4.90 Å². The van der Waals surface area contributed by atoms with E-state index in [9.17, 15) is 9.59 Å². The number of likely N-dealkylation sites (tertiary alicyclic amines) is 1. The highest BCUT2D eigenvalue weighted by molar-refractivity contribution is 5.69. The van der Waals surface area contributed by atoms with Crippen molar-refractivity contribution in [2.75, 3.05) is 26.3 Å². The van der Waals surface area contributed by atoms with Crippen molar-refractivity contribution in [1.29, 1.82) is 0 Å². The van der Waals surface area contributed by atoms with Gasteiger partial charge in [-0.3, -0.25) is 14.5 Å². The Kier molecular flexibility index (Phi) is 9.49. The van der Waals surface area contributed by atoms with Crippen LogP contribution in [0.2, 0.25) is 0 Å². The molecule has 1 aromatic carbocycles. The molecule has 0 bridgehead atoms. The van der Waals surface area contributed by atoms with Crippen LogP contribution in [0, 0.1) is 11.8 Å². The van der Waals surface area contributed by atoms with E-state index in [1.165, 1.54) is 5.56 Å². The molecule has 2 rings (SSSR count). The summed E-state index contributed by atoms with van der Waals surface area (Å²) in [7, 11) is 0. The molecule has 1 heterocycles. The first-order valence-corrected chi connectivity index (χ1v) is 9.91. The Morgan fingerprint density at radius 2 is 1.43 bits per heavy atom. The van der Waals surface area contributed by atoms with Crippen LogP contribution in [0.15, 0.2) is 55.6 Å². The first-order chi connectivity index (χ1) is 13.6. The van der Waals surface area contributed by atoms with Gasteiger partial charge in [0, 0.05) is 44.3 Å². The lowest BCUT2D eigenvalue weighted by molar-refractivity contribution is -0.148. The molecule has 0 aromatic heterocycles. The zero-order chi connectivity index (χ0) is 20.2. The van der Waals surface area contributed by atoms with E-state index in [1.54, 1.807) is 12.2 Å². The van der Waals surface area contributed by atoms with Gasteiger partial charge in [-0.25, -0.2) is 0 Å². The largest absolute Gasteiger partial charge is 0.465 e. The van der Waals surface area contributed by atoms with E-state index in [1.807, 2.05) is 18.2 Å². The maximum absolute atomic E-state index is 11.8. The van der Waals surface area contributed by atoms with Gasteiger partial charge < -0.3 is 9.47 Å². The van der Waals surface area contributed by atoms with E-state index in [0.717, 1.165) is 19.6 Å². The summed E-state index contributed by atoms with van der Waals surface area (Å²) in [6.45, 7) is 10.4. The van der Waals surface area contributed by atoms with E-state index in [-0.39, 0.29) is 23.8 Å². The van der Waals surface area contributed by atoms with Crippen molar-refractivity contribution >= 4 is 11.9 Å².